The van der Waals surface area contributed by atoms with E-state index in [1.165, 1.54) is 17.0 Å². The maximum atomic E-state index is 13.7. The van der Waals surface area contributed by atoms with E-state index in [-0.39, 0.29) is 37.3 Å². The Kier molecular flexibility index (Phi) is 9.10. The van der Waals surface area contributed by atoms with E-state index in [9.17, 15) is 26.3 Å². The van der Waals surface area contributed by atoms with Crippen LogP contribution >= 0.6 is 57.7 Å². The van der Waals surface area contributed by atoms with E-state index in [4.69, 9.17) is 46.4 Å². The van der Waals surface area contributed by atoms with E-state index in [2.05, 4.69) is 10.3 Å². The first-order valence-corrected chi connectivity index (χ1v) is 12.1. The van der Waals surface area contributed by atoms with Crippen LogP contribution in [-0.4, -0.2) is 22.6 Å². The average molecular weight is 597 g/mol. The quantitative estimate of drug-likeness (QED) is 0.262. The Hall–Kier alpha value is -1.43. The minimum absolute atomic E-state index is 0.0277. The highest BCUT2D eigenvalue weighted by Crippen LogP contribution is 2.41. The number of halogens is 10. The van der Waals surface area contributed by atoms with Gasteiger partial charge in [-0.2, -0.15) is 26.3 Å². The Balaban J connectivity index is 1.91. The third kappa shape index (κ3) is 8.30. The molecule has 0 fully saturated rings. The monoisotopic (exact) mass is 595 g/mol. The highest BCUT2D eigenvalue weighted by atomic mass is 35.5. The SMILES string of the molecule is FC(F)(F)CCN(Cc1ccc(Cl)cc1)Cc1sc(Nc2c(Cl)cc(Cl)cc2Cl)nc1C(F)(F)F. The first-order chi connectivity index (χ1) is 16.2. The number of hydrogen-bond donors (Lipinski definition) is 1. The molecule has 190 valence electrons. The molecule has 0 amide bonds. The molecule has 2 aromatic carbocycles. The van der Waals surface area contributed by atoms with Crippen LogP contribution in [0.15, 0.2) is 36.4 Å². The van der Waals surface area contributed by atoms with Crippen molar-refractivity contribution in [3.05, 3.63) is 72.6 Å². The van der Waals surface area contributed by atoms with Gasteiger partial charge in [-0.3, -0.25) is 4.90 Å². The summed E-state index contributed by atoms with van der Waals surface area (Å²) in [6, 6.07) is 8.99. The molecule has 0 aliphatic carbocycles. The number of benzene rings is 2. The van der Waals surface area contributed by atoms with Gasteiger partial charge in [0.25, 0.3) is 0 Å². The summed E-state index contributed by atoms with van der Waals surface area (Å²) in [5.74, 6) is 0. The molecule has 3 aromatic rings. The fourth-order valence-corrected chi connectivity index (χ4v) is 5.12. The van der Waals surface area contributed by atoms with Gasteiger partial charge in [-0.15, -0.1) is 0 Å². The number of rotatable bonds is 8. The van der Waals surface area contributed by atoms with Crippen molar-refractivity contribution >= 4 is 68.6 Å². The highest BCUT2D eigenvalue weighted by Gasteiger charge is 2.38. The van der Waals surface area contributed by atoms with Crippen molar-refractivity contribution in [1.29, 1.82) is 0 Å². The van der Waals surface area contributed by atoms with Crippen molar-refractivity contribution in [3.63, 3.8) is 0 Å². The van der Waals surface area contributed by atoms with Crippen molar-refractivity contribution in [1.82, 2.24) is 9.88 Å². The molecule has 0 aliphatic heterocycles. The molecular weight excluding hydrogens is 582 g/mol. The lowest BCUT2D eigenvalue weighted by Gasteiger charge is -2.23. The molecule has 0 bridgehead atoms. The van der Waals surface area contributed by atoms with E-state index >= 15 is 0 Å². The second-order valence-electron chi connectivity index (χ2n) is 7.36. The molecule has 14 heteroatoms. The Morgan fingerprint density at radius 3 is 2.00 bits per heavy atom. The third-order valence-corrected chi connectivity index (χ3v) is 6.62. The number of aromatic nitrogens is 1. The maximum absolute atomic E-state index is 13.7. The van der Waals surface area contributed by atoms with E-state index in [1.54, 1.807) is 24.3 Å². The second kappa shape index (κ2) is 11.3. The molecule has 0 unspecified atom stereocenters. The lowest BCUT2D eigenvalue weighted by molar-refractivity contribution is -0.143. The van der Waals surface area contributed by atoms with Crippen LogP contribution in [0.4, 0.5) is 37.2 Å². The zero-order valence-electron chi connectivity index (χ0n) is 17.4. The van der Waals surface area contributed by atoms with Gasteiger partial charge in [0.05, 0.1) is 27.0 Å². The van der Waals surface area contributed by atoms with Crippen molar-refractivity contribution < 1.29 is 26.3 Å². The lowest BCUT2D eigenvalue weighted by atomic mass is 10.2. The van der Waals surface area contributed by atoms with Gasteiger partial charge in [0.1, 0.15) is 0 Å². The molecule has 1 N–H and O–H groups in total. The molecule has 3 rings (SSSR count). The van der Waals surface area contributed by atoms with Gasteiger partial charge in [0.2, 0.25) is 0 Å². The summed E-state index contributed by atoms with van der Waals surface area (Å²) in [6.07, 6.45) is -10.5. The standard InChI is InChI=1S/C21H15Cl4F6N3S/c22-12-3-1-11(2-4-12)9-34(6-5-20(26,27)28)10-16-18(21(29,30)31)33-19(35-16)32-17-14(24)7-13(23)8-15(17)25/h1-4,7-8H,5-6,9-10H2,(H,32,33). The zero-order valence-corrected chi connectivity index (χ0v) is 21.2. The van der Waals surface area contributed by atoms with Crippen LogP contribution < -0.4 is 5.32 Å². The second-order valence-corrected chi connectivity index (χ2v) is 10.1. The van der Waals surface area contributed by atoms with Gasteiger partial charge in [0.15, 0.2) is 10.8 Å². The lowest BCUT2D eigenvalue weighted by Crippen LogP contribution is -2.28. The van der Waals surface area contributed by atoms with Gasteiger partial charge in [0, 0.05) is 29.7 Å². The molecule has 0 aliphatic rings. The molecule has 35 heavy (non-hydrogen) atoms. The summed E-state index contributed by atoms with van der Waals surface area (Å²) in [6.45, 7) is -0.964. The van der Waals surface area contributed by atoms with Crippen molar-refractivity contribution in [2.45, 2.75) is 31.9 Å². The molecule has 0 atom stereocenters. The Labute approximate surface area is 220 Å². The molecule has 0 saturated heterocycles. The number of hydrogen-bond acceptors (Lipinski definition) is 4. The zero-order chi connectivity index (χ0) is 26.0. The fraction of sp³-hybridized carbons (Fsp3) is 0.286. The average Bonchev–Trinajstić information content (AvgIpc) is 3.13. The van der Waals surface area contributed by atoms with Gasteiger partial charge >= 0.3 is 12.4 Å². The smallest absolute Gasteiger partial charge is 0.329 e. The van der Waals surface area contributed by atoms with Gasteiger partial charge in [-0.1, -0.05) is 69.9 Å². The van der Waals surface area contributed by atoms with Gasteiger partial charge in [-0.05, 0) is 29.8 Å². The van der Waals surface area contributed by atoms with Crippen molar-refractivity contribution in [2.24, 2.45) is 0 Å². The number of anilines is 2. The minimum atomic E-state index is -4.84. The maximum Gasteiger partial charge on any atom is 0.434 e. The predicted octanol–water partition coefficient (Wildman–Crippen LogP) is 9.47. The van der Waals surface area contributed by atoms with Crippen LogP contribution in [0.2, 0.25) is 20.1 Å². The number of nitrogens with zero attached hydrogens (tertiary/aromatic N) is 2. The van der Waals surface area contributed by atoms with Crippen molar-refractivity contribution in [2.75, 3.05) is 11.9 Å². The van der Waals surface area contributed by atoms with E-state index in [0.717, 1.165) is 0 Å². The first kappa shape index (κ1) is 28.1. The summed E-state index contributed by atoms with van der Waals surface area (Å²) in [5, 5.41) is 3.24. The Morgan fingerprint density at radius 1 is 0.857 bits per heavy atom. The summed E-state index contributed by atoms with van der Waals surface area (Å²) in [4.78, 5) is 4.63. The van der Waals surface area contributed by atoms with Gasteiger partial charge in [-0.25, -0.2) is 4.98 Å². The summed E-state index contributed by atoms with van der Waals surface area (Å²) in [5.41, 5.74) is -0.520. The number of nitrogens with one attached hydrogen (secondary N) is 1. The molecular formula is C21H15Cl4F6N3S. The minimum Gasteiger partial charge on any atom is -0.329 e. The summed E-state index contributed by atoms with van der Waals surface area (Å²) < 4.78 is 79.9. The molecule has 0 radical (unpaired) electrons. The molecule has 1 heterocycles. The van der Waals surface area contributed by atoms with Crippen LogP contribution in [0.1, 0.15) is 22.6 Å². The topological polar surface area (TPSA) is 28.2 Å². The molecule has 0 saturated carbocycles. The number of thiazole rings is 1. The molecule has 0 spiro atoms. The van der Waals surface area contributed by atoms with Gasteiger partial charge < -0.3 is 5.32 Å². The predicted molar refractivity (Wildman–Crippen MR) is 128 cm³/mol. The Bertz CT molecular complexity index is 1140. The van der Waals surface area contributed by atoms with Crippen LogP contribution in [0.3, 0.4) is 0 Å². The third-order valence-electron chi connectivity index (χ3n) is 4.60. The van der Waals surface area contributed by atoms with E-state index < -0.39 is 37.6 Å². The summed E-state index contributed by atoms with van der Waals surface area (Å²) >= 11 is 24.5. The van der Waals surface area contributed by atoms with E-state index in [0.29, 0.717) is 21.9 Å². The highest BCUT2D eigenvalue weighted by molar-refractivity contribution is 7.15. The van der Waals surface area contributed by atoms with Crippen molar-refractivity contribution in [3.8, 4) is 0 Å². The van der Waals surface area contributed by atoms with Crippen LogP contribution in [0.25, 0.3) is 0 Å². The number of alkyl halides is 6. The van der Waals surface area contributed by atoms with Crippen LogP contribution in [0.5, 0.6) is 0 Å². The Morgan fingerprint density at radius 2 is 1.46 bits per heavy atom. The largest absolute Gasteiger partial charge is 0.434 e. The fourth-order valence-electron chi connectivity index (χ4n) is 3.05. The normalized spacial score (nSPS) is 12.4. The first-order valence-electron chi connectivity index (χ1n) is 9.73. The summed E-state index contributed by atoms with van der Waals surface area (Å²) in [7, 11) is 0. The molecule has 3 nitrogen and oxygen atoms in total. The van der Waals surface area contributed by atoms with E-state index in [1.807, 2.05) is 0 Å². The van der Waals surface area contributed by atoms with Crippen LogP contribution in [0, 0.1) is 0 Å². The van der Waals surface area contributed by atoms with Crippen LogP contribution in [-0.2, 0) is 19.3 Å². The molecule has 1 aromatic heterocycles.